The molecule has 1 aliphatic rings. The molecule has 0 unspecified atom stereocenters. The third-order valence-electron chi connectivity index (χ3n) is 5.92. The highest BCUT2D eigenvalue weighted by atomic mass is 19.4. The number of fused-ring (bicyclic) bond motifs is 1. The van der Waals surface area contributed by atoms with Crippen LogP contribution >= 0.6 is 0 Å². The number of hydrazone groups is 1. The summed E-state index contributed by atoms with van der Waals surface area (Å²) in [4.78, 5) is 7.30. The molecule has 0 amide bonds. The molecule has 0 fully saturated rings. The van der Waals surface area contributed by atoms with E-state index in [1.54, 1.807) is 5.01 Å². The molecule has 1 N–H and O–H groups in total. The molecule has 0 spiro atoms. The molecule has 3 heterocycles. The Morgan fingerprint density at radius 2 is 1.95 bits per heavy atom. The van der Waals surface area contributed by atoms with Crippen LogP contribution in [0.5, 0.6) is 5.75 Å². The van der Waals surface area contributed by atoms with Gasteiger partial charge < -0.3 is 14.2 Å². The van der Waals surface area contributed by atoms with Gasteiger partial charge in [-0.25, -0.2) is 13.8 Å². The highest BCUT2D eigenvalue weighted by Gasteiger charge is 2.35. The van der Waals surface area contributed by atoms with Crippen LogP contribution in [0.3, 0.4) is 0 Å². The lowest BCUT2D eigenvalue weighted by molar-refractivity contribution is -0.137. The van der Waals surface area contributed by atoms with Gasteiger partial charge in [-0.3, -0.25) is 5.01 Å². The van der Waals surface area contributed by atoms with Gasteiger partial charge in [0.05, 0.1) is 36.2 Å². The Balaban J connectivity index is 1.27. The number of imidazole rings is 1. The molecule has 0 radical (unpaired) electrons. The lowest BCUT2D eigenvalue weighted by Gasteiger charge is -2.20. The van der Waals surface area contributed by atoms with Crippen molar-refractivity contribution in [2.75, 3.05) is 13.2 Å². The van der Waals surface area contributed by atoms with Crippen molar-refractivity contribution < 1.29 is 31.2 Å². The number of halogens is 5. The van der Waals surface area contributed by atoms with Crippen LogP contribution in [-0.4, -0.2) is 39.5 Å². The van der Waals surface area contributed by atoms with Crippen LogP contribution in [-0.2, 0) is 19.1 Å². The van der Waals surface area contributed by atoms with Gasteiger partial charge in [-0.2, -0.15) is 18.3 Å². The largest absolute Gasteiger partial charge is 0.494 e. The predicted molar refractivity (Wildman–Crippen MR) is 128 cm³/mol. The topological polar surface area (TPSA) is 79.5 Å². The molecule has 0 saturated carbocycles. The fourth-order valence-electron chi connectivity index (χ4n) is 4.05. The Morgan fingerprint density at radius 3 is 2.74 bits per heavy atom. The number of hydrogen-bond donors (Lipinski definition) is 1. The molecule has 2 aromatic carbocycles. The minimum absolute atomic E-state index is 0.0109. The molecule has 38 heavy (non-hydrogen) atoms. The zero-order valence-electron chi connectivity index (χ0n) is 20.1. The van der Waals surface area contributed by atoms with Gasteiger partial charge in [-0.05, 0) is 36.8 Å². The van der Waals surface area contributed by atoms with Crippen LogP contribution < -0.4 is 4.74 Å². The van der Waals surface area contributed by atoms with Crippen LogP contribution in [0.2, 0.25) is 0 Å². The van der Waals surface area contributed by atoms with E-state index in [4.69, 9.17) is 9.26 Å². The SMILES string of the molecule is CCCOc1ccc(-c2cc(CCN3Cc4[nH]c(-c5cccc(F)c5F)nc4C=N3)on2)c(C(F)(F)F)c1. The van der Waals surface area contributed by atoms with Crippen molar-refractivity contribution in [3.8, 4) is 28.4 Å². The highest BCUT2D eigenvalue weighted by molar-refractivity contribution is 5.80. The van der Waals surface area contributed by atoms with Crippen LogP contribution in [0, 0.1) is 11.6 Å². The van der Waals surface area contributed by atoms with E-state index in [-0.39, 0.29) is 28.4 Å². The number of benzene rings is 2. The normalized spacial score (nSPS) is 13.2. The monoisotopic (exact) mass is 531 g/mol. The lowest BCUT2D eigenvalue weighted by atomic mass is 10.0. The third-order valence-corrected chi connectivity index (χ3v) is 5.92. The second kappa shape index (κ2) is 10.3. The summed E-state index contributed by atoms with van der Waals surface area (Å²) in [7, 11) is 0. The number of ether oxygens (including phenoxy) is 1. The zero-order chi connectivity index (χ0) is 26.9. The average Bonchev–Trinajstić information content (AvgIpc) is 3.54. The summed E-state index contributed by atoms with van der Waals surface area (Å²) < 4.78 is 79.6. The van der Waals surface area contributed by atoms with Crippen molar-refractivity contribution in [1.82, 2.24) is 20.1 Å². The highest BCUT2D eigenvalue weighted by Crippen LogP contribution is 2.39. The number of alkyl halides is 3. The van der Waals surface area contributed by atoms with E-state index >= 15 is 0 Å². The number of nitrogens with zero attached hydrogens (tertiary/aromatic N) is 4. The van der Waals surface area contributed by atoms with Gasteiger partial charge in [0.1, 0.15) is 28.7 Å². The van der Waals surface area contributed by atoms with E-state index in [2.05, 4.69) is 20.2 Å². The lowest BCUT2D eigenvalue weighted by Crippen LogP contribution is -2.24. The molecule has 0 aliphatic carbocycles. The number of aromatic nitrogens is 3. The Labute approximate surface area is 213 Å². The van der Waals surface area contributed by atoms with E-state index in [0.29, 0.717) is 49.7 Å². The zero-order valence-corrected chi connectivity index (χ0v) is 20.1. The molecule has 0 atom stereocenters. The number of nitrogens with one attached hydrogen (secondary N) is 1. The van der Waals surface area contributed by atoms with Crippen LogP contribution in [0.1, 0.15) is 36.1 Å². The fourth-order valence-corrected chi connectivity index (χ4v) is 4.05. The van der Waals surface area contributed by atoms with Gasteiger partial charge in [0.15, 0.2) is 11.6 Å². The van der Waals surface area contributed by atoms with Crippen molar-refractivity contribution in [3.05, 3.63) is 76.8 Å². The summed E-state index contributed by atoms with van der Waals surface area (Å²) in [6.07, 6.45) is -2.11. The molecule has 0 saturated heterocycles. The van der Waals surface area contributed by atoms with Crippen molar-refractivity contribution in [2.45, 2.75) is 32.5 Å². The average molecular weight is 531 g/mol. The molecule has 0 bridgehead atoms. The van der Waals surface area contributed by atoms with Crippen LogP contribution in [0.25, 0.3) is 22.6 Å². The Bertz CT molecular complexity index is 1480. The minimum Gasteiger partial charge on any atom is -0.494 e. The summed E-state index contributed by atoms with van der Waals surface area (Å²) in [6.45, 7) is 2.86. The van der Waals surface area contributed by atoms with Crippen molar-refractivity contribution >= 4 is 6.21 Å². The number of aromatic amines is 1. The van der Waals surface area contributed by atoms with Gasteiger partial charge in [-0.15, -0.1) is 0 Å². The molecule has 1 aliphatic heterocycles. The number of rotatable bonds is 8. The second-order valence-corrected chi connectivity index (χ2v) is 8.67. The first-order valence-corrected chi connectivity index (χ1v) is 11.8. The van der Waals surface area contributed by atoms with Gasteiger partial charge in [0.2, 0.25) is 0 Å². The van der Waals surface area contributed by atoms with Gasteiger partial charge in [0.25, 0.3) is 0 Å². The molecule has 2 aromatic heterocycles. The van der Waals surface area contributed by atoms with E-state index in [1.807, 2.05) is 6.92 Å². The van der Waals surface area contributed by atoms with Crippen LogP contribution in [0.15, 0.2) is 52.1 Å². The molecule has 198 valence electrons. The van der Waals surface area contributed by atoms with E-state index in [0.717, 1.165) is 12.1 Å². The van der Waals surface area contributed by atoms with Gasteiger partial charge in [-0.1, -0.05) is 18.1 Å². The van der Waals surface area contributed by atoms with E-state index in [1.165, 1.54) is 36.5 Å². The minimum atomic E-state index is -4.60. The first kappa shape index (κ1) is 25.4. The van der Waals surface area contributed by atoms with Gasteiger partial charge in [0, 0.05) is 24.6 Å². The van der Waals surface area contributed by atoms with Crippen molar-refractivity contribution in [1.29, 1.82) is 0 Å². The summed E-state index contributed by atoms with van der Waals surface area (Å²) in [6, 6.07) is 9.08. The number of hydrogen-bond acceptors (Lipinski definition) is 6. The summed E-state index contributed by atoms with van der Waals surface area (Å²) in [5.41, 5.74) is 0.284. The van der Waals surface area contributed by atoms with E-state index in [9.17, 15) is 22.0 Å². The summed E-state index contributed by atoms with van der Waals surface area (Å²) in [5, 5.41) is 9.85. The second-order valence-electron chi connectivity index (χ2n) is 8.67. The molecular weight excluding hydrogens is 509 g/mol. The third kappa shape index (κ3) is 5.24. The first-order valence-electron chi connectivity index (χ1n) is 11.8. The molecular formula is C26H22F5N5O2. The maximum Gasteiger partial charge on any atom is 0.417 e. The molecule has 7 nitrogen and oxygen atoms in total. The Hall–Kier alpha value is -4.22. The Kier molecular flexibility index (Phi) is 6.87. The maximum absolute atomic E-state index is 14.2. The van der Waals surface area contributed by atoms with Gasteiger partial charge >= 0.3 is 6.18 Å². The molecule has 4 aromatic rings. The predicted octanol–water partition coefficient (Wildman–Crippen LogP) is 6.21. The Morgan fingerprint density at radius 1 is 1.11 bits per heavy atom. The van der Waals surface area contributed by atoms with Crippen molar-refractivity contribution in [2.24, 2.45) is 5.10 Å². The first-order chi connectivity index (χ1) is 18.2. The fraction of sp³-hybridized carbons (Fsp3) is 0.269. The quantitative estimate of drug-likeness (QED) is 0.274. The maximum atomic E-state index is 14.2. The summed E-state index contributed by atoms with van der Waals surface area (Å²) >= 11 is 0. The van der Waals surface area contributed by atoms with Crippen molar-refractivity contribution in [3.63, 3.8) is 0 Å². The molecule has 12 heteroatoms. The summed E-state index contributed by atoms with van der Waals surface area (Å²) in [5.74, 6) is -1.26. The number of H-pyrrole nitrogens is 1. The standard InChI is InChI=1S/C26H22F5N5O2/c1-2-10-37-15-6-7-17(19(11-15)26(29,30)31)21-12-16(38-35-21)8-9-36-14-23-22(13-32-36)33-25(34-23)18-4-3-5-20(27)24(18)28/h3-7,11-13H,2,8-10,14H2,1H3,(H,33,34). The van der Waals surface area contributed by atoms with E-state index < -0.39 is 23.4 Å². The smallest absolute Gasteiger partial charge is 0.417 e. The van der Waals surface area contributed by atoms with Crippen LogP contribution in [0.4, 0.5) is 22.0 Å². The molecule has 5 rings (SSSR count).